The summed E-state index contributed by atoms with van der Waals surface area (Å²) in [6.07, 6.45) is 0. The molecule has 0 amide bonds. The van der Waals surface area contributed by atoms with Crippen LogP contribution in [-0.4, -0.2) is 22.8 Å². The van der Waals surface area contributed by atoms with Gasteiger partial charge < -0.3 is 14.9 Å². The van der Waals surface area contributed by atoms with Crippen LogP contribution in [-0.2, 0) is 4.74 Å². The number of rotatable bonds is 3. The van der Waals surface area contributed by atoms with E-state index in [0.29, 0.717) is 10.8 Å². The van der Waals surface area contributed by atoms with Crippen LogP contribution >= 0.6 is 0 Å². The van der Waals surface area contributed by atoms with E-state index in [1.807, 2.05) is 36.4 Å². The van der Waals surface area contributed by atoms with Crippen LogP contribution in [0.4, 0.5) is 0 Å². The van der Waals surface area contributed by atoms with Crippen LogP contribution in [0.5, 0.6) is 11.5 Å². The fourth-order valence-electron chi connectivity index (χ4n) is 2.57. The number of ether oxygens (including phenoxy) is 1. The molecular weight excluding hydrogens is 292 g/mol. The molecule has 0 radical (unpaired) electrons. The molecule has 0 saturated heterocycles. The maximum absolute atomic E-state index is 11.9. The van der Waals surface area contributed by atoms with Gasteiger partial charge in [-0.1, -0.05) is 36.4 Å². The Morgan fingerprint density at radius 3 is 2.39 bits per heavy atom. The molecule has 0 bridgehead atoms. The molecule has 0 aliphatic rings. The summed E-state index contributed by atoms with van der Waals surface area (Å²) in [7, 11) is 0. The lowest BCUT2D eigenvalue weighted by Gasteiger charge is -2.11. The van der Waals surface area contributed by atoms with Gasteiger partial charge in [0.2, 0.25) is 0 Å². The second-order valence-electron chi connectivity index (χ2n) is 5.14. The summed E-state index contributed by atoms with van der Waals surface area (Å²) in [6, 6.07) is 16.3. The van der Waals surface area contributed by atoms with Gasteiger partial charge in [0.05, 0.1) is 6.61 Å². The lowest BCUT2D eigenvalue weighted by molar-refractivity contribution is 0.0523. The number of esters is 1. The van der Waals surface area contributed by atoms with Crippen LogP contribution in [0.15, 0.2) is 54.6 Å². The molecule has 4 heteroatoms. The van der Waals surface area contributed by atoms with Gasteiger partial charge in [0.15, 0.2) is 0 Å². The third-order valence-corrected chi connectivity index (χ3v) is 3.69. The zero-order valence-electron chi connectivity index (χ0n) is 12.6. The Balaban J connectivity index is 2.17. The largest absolute Gasteiger partial charge is 0.507 e. The van der Waals surface area contributed by atoms with E-state index in [0.717, 1.165) is 11.1 Å². The molecule has 2 N–H and O–H groups in total. The number of carbonyl (C=O) groups is 1. The monoisotopic (exact) mass is 308 g/mol. The maximum atomic E-state index is 11.9. The highest BCUT2D eigenvalue weighted by Gasteiger charge is 2.18. The Morgan fingerprint density at radius 2 is 1.70 bits per heavy atom. The van der Waals surface area contributed by atoms with Crippen molar-refractivity contribution in [3.63, 3.8) is 0 Å². The molecular formula is C19H16O4. The van der Waals surface area contributed by atoms with Gasteiger partial charge in [-0.2, -0.15) is 0 Å². The fraction of sp³-hybridized carbons (Fsp3) is 0.105. The number of phenols is 2. The summed E-state index contributed by atoms with van der Waals surface area (Å²) in [4.78, 5) is 11.9. The average molecular weight is 308 g/mol. The molecule has 3 aromatic rings. The first kappa shape index (κ1) is 14.9. The lowest BCUT2D eigenvalue weighted by atomic mass is 9.98. The molecule has 0 aliphatic heterocycles. The van der Waals surface area contributed by atoms with Crippen LogP contribution in [0.1, 0.15) is 17.3 Å². The van der Waals surface area contributed by atoms with Crippen molar-refractivity contribution in [1.82, 2.24) is 0 Å². The Hall–Kier alpha value is -3.01. The zero-order valence-corrected chi connectivity index (χ0v) is 12.6. The molecule has 116 valence electrons. The minimum Gasteiger partial charge on any atom is -0.507 e. The van der Waals surface area contributed by atoms with Gasteiger partial charge in [-0.05, 0) is 36.2 Å². The summed E-state index contributed by atoms with van der Waals surface area (Å²) in [5.41, 5.74) is 1.88. The molecule has 3 aromatic carbocycles. The van der Waals surface area contributed by atoms with E-state index in [1.165, 1.54) is 6.07 Å². The van der Waals surface area contributed by atoms with Crippen molar-refractivity contribution < 1.29 is 19.7 Å². The van der Waals surface area contributed by atoms with Gasteiger partial charge in [0.25, 0.3) is 0 Å². The normalized spacial score (nSPS) is 10.7. The van der Waals surface area contributed by atoms with Gasteiger partial charge >= 0.3 is 5.97 Å². The Bertz CT molecular complexity index is 869. The summed E-state index contributed by atoms with van der Waals surface area (Å²) >= 11 is 0. The summed E-state index contributed by atoms with van der Waals surface area (Å²) in [6.45, 7) is 1.88. The molecule has 4 nitrogen and oxygen atoms in total. The summed E-state index contributed by atoms with van der Waals surface area (Å²) in [5, 5.41) is 21.5. The van der Waals surface area contributed by atoms with Gasteiger partial charge in [0, 0.05) is 10.8 Å². The molecule has 0 aliphatic carbocycles. The first-order valence-electron chi connectivity index (χ1n) is 7.33. The molecule has 0 saturated carbocycles. The third-order valence-electron chi connectivity index (χ3n) is 3.69. The quantitative estimate of drug-likeness (QED) is 0.565. The van der Waals surface area contributed by atoms with Gasteiger partial charge in [-0.3, -0.25) is 0 Å². The Labute approximate surface area is 133 Å². The van der Waals surface area contributed by atoms with E-state index in [2.05, 4.69) is 0 Å². The first-order chi connectivity index (χ1) is 11.1. The maximum Gasteiger partial charge on any atom is 0.342 e. The van der Waals surface area contributed by atoms with Crippen molar-refractivity contribution >= 4 is 16.7 Å². The Kier molecular flexibility index (Phi) is 3.89. The molecule has 23 heavy (non-hydrogen) atoms. The van der Waals surface area contributed by atoms with Crippen LogP contribution in [0, 0.1) is 0 Å². The summed E-state index contributed by atoms with van der Waals surface area (Å²) in [5.74, 6) is -0.913. The number of carbonyl (C=O) groups excluding carboxylic acids is 1. The number of fused-ring (bicyclic) bond motifs is 1. The number of aromatic hydroxyl groups is 2. The second kappa shape index (κ2) is 6.01. The minimum absolute atomic E-state index is 0.0377. The van der Waals surface area contributed by atoms with E-state index in [4.69, 9.17) is 4.74 Å². The van der Waals surface area contributed by atoms with Crippen molar-refractivity contribution in [2.45, 2.75) is 6.92 Å². The van der Waals surface area contributed by atoms with Crippen LogP contribution in [0.3, 0.4) is 0 Å². The average Bonchev–Trinajstić information content (AvgIpc) is 2.58. The molecule has 0 atom stereocenters. The van der Waals surface area contributed by atoms with E-state index in [1.54, 1.807) is 19.1 Å². The molecule has 0 unspecified atom stereocenters. The molecule has 3 rings (SSSR count). The van der Waals surface area contributed by atoms with Crippen molar-refractivity contribution in [3.8, 4) is 22.6 Å². The molecule has 0 heterocycles. The lowest BCUT2D eigenvalue weighted by Crippen LogP contribution is -2.05. The topological polar surface area (TPSA) is 66.8 Å². The van der Waals surface area contributed by atoms with E-state index in [9.17, 15) is 15.0 Å². The van der Waals surface area contributed by atoms with Crippen LogP contribution in [0.2, 0.25) is 0 Å². The van der Waals surface area contributed by atoms with E-state index in [-0.39, 0.29) is 23.7 Å². The van der Waals surface area contributed by atoms with E-state index < -0.39 is 5.97 Å². The highest BCUT2D eigenvalue weighted by atomic mass is 16.5. The van der Waals surface area contributed by atoms with Crippen LogP contribution < -0.4 is 0 Å². The highest BCUT2D eigenvalue weighted by Crippen LogP contribution is 2.38. The number of phenolic OH excluding ortho intramolecular Hbond substituents is 2. The van der Waals surface area contributed by atoms with E-state index >= 15 is 0 Å². The SMILES string of the molecule is CCOC(=O)c1cc(O)c2cc(-c3ccccc3)ccc2c1O. The number of benzene rings is 3. The van der Waals surface area contributed by atoms with Gasteiger partial charge in [0.1, 0.15) is 17.1 Å². The zero-order chi connectivity index (χ0) is 16.4. The number of hydrogen-bond donors (Lipinski definition) is 2. The molecule has 0 fully saturated rings. The van der Waals surface area contributed by atoms with Crippen molar-refractivity contribution in [2.24, 2.45) is 0 Å². The molecule has 0 spiro atoms. The third kappa shape index (κ3) is 2.71. The van der Waals surface area contributed by atoms with Crippen molar-refractivity contribution in [1.29, 1.82) is 0 Å². The minimum atomic E-state index is -0.658. The highest BCUT2D eigenvalue weighted by molar-refractivity contribution is 6.04. The summed E-state index contributed by atoms with van der Waals surface area (Å²) < 4.78 is 4.90. The predicted molar refractivity (Wildman–Crippen MR) is 88.7 cm³/mol. The molecule has 0 aromatic heterocycles. The van der Waals surface area contributed by atoms with Gasteiger partial charge in [-0.25, -0.2) is 4.79 Å². The van der Waals surface area contributed by atoms with Crippen LogP contribution in [0.25, 0.3) is 21.9 Å². The van der Waals surface area contributed by atoms with Crippen molar-refractivity contribution in [2.75, 3.05) is 6.61 Å². The fourth-order valence-corrected chi connectivity index (χ4v) is 2.57. The predicted octanol–water partition coefficient (Wildman–Crippen LogP) is 4.09. The first-order valence-corrected chi connectivity index (χ1v) is 7.33. The number of hydrogen-bond acceptors (Lipinski definition) is 4. The Morgan fingerprint density at radius 1 is 0.957 bits per heavy atom. The van der Waals surface area contributed by atoms with Crippen molar-refractivity contribution in [3.05, 3.63) is 60.2 Å². The van der Waals surface area contributed by atoms with Gasteiger partial charge in [-0.15, -0.1) is 0 Å². The standard InChI is InChI=1S/C19H16O4/c1-2-23-19(22)16-11-17(20)15-10-13(8-9-14(15)18(16)21)12-6-4-3-5-7-12/h3-11,20-21H,2H2,1H3. The second-order valence-corrected chi connectivity index (χ2v) is 5.14. The smallest absolute Gasteiger partial charge is 0.342 e.